The maximum Gasteiger partial charge on any atom is 0.267 e. The van der Waals surface area contributed by atoms with Gasteiger partial charge in [-0.25, -0.2) is 8.78 Å². The Morgan fingerprint density at radius 2 is 1.92 bits per heavy atom. The van der Waals surface area contributed by atoms with Crippen LogP contribution in [0.5, 0.6) is 0 Å². The van der Waals surface area contributed by atoms with Gasteiger partial charge in [0.25, 0.3) is 5.92 Å². The van der Waals surface area contributed by atoms with E-state index in [-0.39, 0.29) is 18.9 Å². The Labute approximate surface area is 152 Å². The zero-order chi connectivity index (χ0) is 18.1. The van der Waals surface area contributed by atoms with Crippen LogP contribution in [0, 0.1) is 5.92 Å². The molecule has 0 bridgehead atoms. The molecule has 6 nitrogen and oxygen atoms in total. The summed E-state index contributed by atoms with van der Waals surface area (Å²) in [7, 11) is 0. The average Bonchev–Trinajstić information content (AvgIpc) is 3.26. The van der Waals surface area contributed by atoms with Crippen molar-refractivity contribution in [2.45, 2.75) is 63.5 Å². The standard InChI is InChI=1S/C18H27F2N5O/c19-18(20)9-15(17-22-21-13-24(17)10-14-5-6-14)25(12-18)16(26)11-23-7-3-1-2-4-8-23/h13-15H,1-12H2/t15-/m0/s1. The third-order valence-corrected chi connectivity index (χ3v) is 5.74. The normalized spacial score (nSPS) is 26.8. The van der Waals surface area contributed by atoms with Crippen LogP contribution in [0.25, 0.3) is 0 Å². The number of hydrogen-bond donors (Lipinski definition) is 0. The summed E-state index contributed by atoms with van der Waals surface area (Å²) in [5.41, 5.74) is 0. The van der Waals surface area contributed by atoms with E-state index in [1.807, 2.05) is 4.57 Å². The Hall–Kier alpha value is -1.57. The van der Waals surface area contributed by atoms with Gasteiger partial charge in [-0.05, 0) is 44.7 Å². The first-order valence-electron chi connectivity index (χ1n) is 9.79. The fourth-order valence-electron chi connectivity index (χ4n) is 4.13. The highest BCUT2D eigenvalue weighted by molar-refractivity contribution is 5.79. The molecule has 0 N–H and O–H groups in total. The Bertz CT molecular complexity index is 637. The van der Waals surface area contributed by atoms with Crippen molar-refractivity contribution in [3.05, 3.63) is 12.2 Å². The summed E-state index contributed by atoms with van der Waals surface area (Å²) in [6, 6.07) is -0.675. The third kappa shape index (κ3) is 4.05. The number of aromatic nitrogens is 3. The molecular formula is C18H27F2N5O. The van der Waals surface area contributed by atoms with Crippen LogP contribution < -0.4 is 0 Å². The molecule has 1 atom stereocenters. The average molecular weight is 367 g/mol. The topological polar surface area (TPSA) is 54.3 Å². The number of likely N-dealkylation sites (tertiary alicyclic amines) is 2. The second-order valence-electron chi connectivity index (χ2n) is 8.07. The van der Waals surface area contributed by atoms with Gasteiger partial charge in [-0.3, -0.25) is 9.69 Å². The molecule has 8 heteroatoms. The van der Waals surface area contributed by atoms with Gasteiger partial charge in [0, 0.05) is 13.0 Å². The van der Waals surface area contributed by atoms with Crippen LogP contribution in [-0.2, 0) is 11.3 Å². The molecule has 1 saturated carbocycles. The highest BCUT2D eigenvalue weighted by Crippen LogP contribution is 2.41. The molecule has 2 aliphatic heterocycles. The summed E-state index contributed by atoms with van der Waals surface area (Å²) in [4.78, 5) is 16.3. The second kappa shape index (κ2) is 7.21. The van der Waals surface area contributed by atoms with Crippen molar-refractivity contribution < 1.29 is 13.6 Å². The van der Waals surface area contributed by atoms with Gasteiger partial charge in [0.1, 0.15) is 6.33 Å². The molecule has 3 heterocycles. The Kier molecular flexibility index (Phi) is 4.94. The summed E-state index contributed by atoms with van der Waals surface area (Å²) < 4.78 is 30.2. The van der Waals surface area contributed by atoms with Crippen LogP contribution in [0.1, 0.15) is 56.8 Å². The first-order chi connectivity index (χ1) is 12.5. The zero-order valence-electron chi connectivity index (χ0n) is 15.1. The highest BCUT2D eigenvalue weighted by atomic mass is 19.3. The summed E-state index contributed by atoms with van der Waals surface area (Å²) in [6.07, 6.45) is 8.08. The van der Waals surface area contributed by atoms with Gasteiger partial charge in [0.2, 0.25) is 5.91 Å². The van der Waals surface area contributed by atoms with Crippen LogP contribution in [0.4, 0.5) is 8.78 Å². The lowest BCUT2D eigenvalue weighted by atomic mass is 10.1. The maximum absolute atomic E-state index is 14.2. The van der Waals surface area contributed by atoms with Crippen LogP contribution in [0.15, 0.2) is 6.33 Å². The Balaban J connectivity index is 1.49. The van der Waals surface area contributed by atoms with Gasteiger partial charge in [-0.1, -0.05) is 12.8 Å². The van der Waals surface area contributed by atoms with E-state index in [4.69, 9.17) is 0 Å². The van der Waals surface area contributed by atoms with E-state index < -0.39 is 18.5 Å². The van der Waals surface area contributed by atoms with Crippen LogP contribution in [-0.4, -0.2) is 62.6 Å². The van der Waals surface area contributed by atoms with Crippen LogP contribution >= 0.6 is 0 Å². The Morgan fingerprint density at radius 3 is 2.62 bits per heavy atom. The number of nitrogens with zero attached hydrogens (tertiary/aromatic N) is 5. The SMILES string of the molecule is O=C(CN1CCCCCC1)N1CC(F)(F)C[C@H]1c1nncn1CC1CC1. The van der Waals surface area contributed by atoms with E-state index >= 15 is 0 Å². The van der Waals surface area contributed by atoms with Gasteiger partial charge in [-0.2, -0.15) is 0 Å². The lowest BCUT2D eigenvalue weighted by molar-refractivity contribution is -0.134. The number of rotatable bonds is 5. The highest BCUT2D eigenvalue weighted by Gasteiger charge is 2.49. The zero-order valence-corrected chi connectivity index (χ0v) is 15.1. The molecule has 3 aliphatic rings. The number of hydrogen-bond acceptors (Lipinski definition) is 4. The maximum atomic E-state index is 14.2. The quantitative estimate of drug-likeness (QED) is 0.802. The van der Waals surface area contributed by atoms with Crippen molar-refractivity contribution >= 4 is 5.91 Å². The smallest absolute Gasteiger partial charge is 0.267 e. The minimum Gasteiger partial charge on any atom is -0.325 e. The summed E-state index contributed by atoms with van der Waals surface area (Å²) in [5.74, 6) is -1.98. The lowest BCUT2D eigenvalue weighted by Crippen LogP contribution is -2.42. The van der Waals surface area contributed by atoms with Crippen molar-refractivity contribution in [1.29, 1.82) is 0 Å². The molecule has 144 valence electrons. The van der Waals surface area contributed by atoms with Crippen molar-refractivity contribution in [3.8, 4) is 0 Å². The molecule has 4 rings (SSSR count). The predicted molar refractivity (Wildman–Crippen MR) is 91.7 cm³/mol. The summed E-state index contributed by atoms with van der Waals surface area (Å²) >= 11 is 0. The van der Waals surface area contributed by atoms with E-state index in [1.165, 1.54) is 17.7 Å². The molecule has 26 heavy (non-hydrogen) atoms. The fraction of sp³-hybridized carbons (Fsp3) is 0.833. The molecule has 1 aromatic rings. The molecule has 0 spiro atoms. The number of halogens is 2. The first kappa shape index (κ1) is 17.8. The van der Waals surface area contributed by atoms with E-state index in [2.05, 4.69) is 15.1 Å². The number of carbonyl (C=O) groups is 1. The van der Waals surface area contributed by atoms with Gasteiger partial charge in [0.05, 0.1) is 19.1 Å². The van der Waals surface area contributed by atoms with E-state index in [9.17, 15) is 13.6 Å². The summed E-state index contributed by atoms with van der Waals surface area (Å²) in [6.45, 7) is 2.22. The lowest BCUT2D eigenvalue weighted by Gasteiger charge is -2.27. The molecule has 0 unspecified atom stereocenters. The van der Waals surface area contributed by atoms with Gasteiger partial charge >= 0.3 is 0 Å². The molecule has 1 amide bonds. The molecule has 1 aliphatic carbocycles. The number of alkyl halides is 2. The van der Waals surface area contributed by atoms with Crippen molar-refractivity contribution in [3.63, 3.8) is 0 Å². The minimum absolute atomic E-state index is 0.213. The van der Waals surface area contributed by atoms with Crippen molar-refractivity contribution in [2.24, 2.45) is 5.92 Å². The summed E-state index contributed by atoms with van der Waals surface area (Å²) in [5, 5.41) is 8.05. The monoisotopic (exact) mass is 367 g/mol. The first-order valence-corrected chi connectivity index (χ1v) is 9.79. The third-order valence-electron chi connectivity index (χ3n) is 5.74. The Morgan fingerprint density at radius 1 is 1.19 bits per heavy atom. The predicted octanol–water partition coefficient (Wildman–Crippen LogP) is 2.47. The van der Waals surface area contributed by atoms with Crippen LogP contribution in [0.3, 0.4) is 0 Å². The van der Waals surface area contributed by atoms with Gasteiger partial charge in [0.15, 0.2) is 5.82 Å². The minimum atomic E-state index is -2.87. The molecule has 2 saturated heterocycles. The van der Waals surface area contributed by atoms with Gasteiger partial charge in [-0.15, -0.1) is 10.2 Å². The largest absolute Gasteiger partial charge is 0.325 e. The molecule has 0 radical (unpaired) electrons. The van der Waals surface area contributed by atoms with E-state index in [1.54, 1.807) is 6.33 Å². The van der Waals surface area contributed by atoms with Crippen molar-refractivity contribution in [2.75, 3.05) is 26.2 Å². The van der Waals surface area contributed by atoms with E-state index in [0.29, 0.717) is 11.7 Å². The van der Waals surface area contributed by atoms with Gasteiger partial charge < -0.3 is 9.47 Å². The van der Waals surface area contributed by atoms with Crippen LogP contribution in [0.2, 0.25) is 0 Å². The second-order valence-corrected chi connectivity index (χ2v) is 8.07. The van der Waals surface area contributed by atoms with E-state index in [0.717, 1.165) is 45.3 Å². The molecular weight excluding hydrogens is 340 g/mol. The fourth-order valence-corrected chi connectivity index (χ4v) is 4.13. The molecule has 1 aromatic heterocycles. The molecule has 0 aromatic carbocycles. The van der Waals surface area contributed by atoms with Crippen molar-refractivity contribution in [1.82, 2.24) is 24.6 Å². The number of carbonyl (C=O) groups excluding carboxylic acids is 1. The molecule has 3 fully saturated rings. The number of amides is 1.